The van der Waals surface area contributed by atoms with Crippen LogP contribution in [0.3, 0.4) is 0 Å². The van der Waals surface area contributed by atoms with Crippen LogP contribution in [-0.2, 0) is 13.1 Å². The summed E-state index contributed by atoms with van der Waals surface area (Å²) in [6.45, 7) is 5.23. The Balaban J connectivity index is 1.49. The van der Waals surface area contributed by atoms with E-state index in [1.165, 1.54) is 11.9 Å². The lowest BCUT2D eigenvalue weighted by molar-refractivity contribution is 0.0985. The SMILES string of the molecule is Cc1ccc2sc(N(Cc3ccccc3)C(=O)c3ccc(Cn4cncn4)cc3)nc2c1C. The fourth-order valence-electron chi connectivity index (χ4n) is 3.73. The van der Waals surface area contributed by atoms with E-state index in [9.17, 15) is 4.79 Å². The minimum atomic E-state index is -0.0698. The number of hydrogen-bond donors (Lipinski definition) is 0. The lowest BCUT2D eigenvalue weighted by Gasteiger charge is -2.20. The minimum Gasteiger partial charge on any atom is -0.279 e. The number of hydrogen-bond acceptors (Lipinski definition) is 5. The number of amides is 1. The van der Waals surface area contributed by atoms with Gasteiger partial charge in [0.15, 0.2) is 5.13 Å². The van der Waals surface area contributed by atoms with Crippen LogP contribution in [-0.4, -0.2) is 25.7 Å². The molecule has 164 valence electrons. The third-order valence-corrected chi connectivity index (χ3v) is 6.79. The van der Waals surface area contributed by atoms with Gasteiger partial charge in [-0.1, -0.05) is 59.9 Å². The van der Waals surface area contributed by atoms with Crippen LogP contribution in [0.15, 0.2) is 79.4 Å². The van der Waals surface area contributed by atoms with Crippen LogP contribution in [0.25, 0.3) is 10.2 Å². The van der Waals surface area contributed by atoms with Gasteiger partial charge in [-0.2, -0.15) is 5.10 Å². The summed E-state index contributed by atoms with van der Waals surface area (Å²) in [4.78, 5) is 24.3. The van der Waals surface area contributed by atoms with E-state index in [0.717, 1.165) is 26.9 Å². The molecular weight excluding hydrogens is 430 g/mol. The highest BCUT2D eigenvalue weighted by Crippen LogP contribution is 2.33. The molecule has 33 heavy (non-hydrogen) atoms. The van der Waals surface area contributed by atoms with Crippen LogP contribution >= 0.6 is 11.3 Å². The fourth-order valence-corrected chi connectivity index (χ4v) is 4.75. The maximum Gasteiger partial charge on any atom is 0.260 e. The quantitative estimate of drug-likeness (QED) is 0.345. The molecule has 0 N–H and O–H groups in total. The molecule has 3 aromatic carbocycles. The molecule has 5 rings (SSSR count). The highest BCUT2D eigenvalue weighted by Gasteiger charge is 2.22. The van der Waals surface area contributed by atoms with Gasteiger partial charge >= 0.3 is 0 Å². The average molecular weight is 454 g/mol. The predicted octanol–water partition coefficient (Wildman–Crippen LogP) is 5.40. The number of carbonyl (C=O) groups excluding carboxylic acids is 1. The van der Waals surface area contributed by atoms with E-state index in [1.807, 2.05) is 54.6 Å². The molecule has 1 amide bonds. The summed E-state index contributed by atoms with van der Waals surface area (Å²) in [5.41, 5.74) is 6.05. The van der Waals surface area contributed by atoms with Crippen LogP contribution in [0.5, 0.6) is 0 Å². The number of carbonyl (C=O) groups is 1. The largest absolute Gasteiger partial charge is 0.279 e. The van der Waals surface area contributed by atoms with E-state index in [1.54, 1.807) is 27.2 Å². The van der Waals surface area contributed by atoms with Crippen LogP contribution in [0, 0.1) is 13.8 Å². The summed E-state index contributed by atoms with van der Waals surface area (Å²) in [5, 5.41) is 4.85. The molecule has 0 fully saturated rings. The third kappa shape index (κ3) is 4.40. The smallest absolute Gasteiger partial charge is 0.260 e. The molecule has 0 atom stereocenters. The van der Waals surface area contributed by atoms with Gasteiger partial charge in [-0.3, -0.25) is 9.69 Å². The Bertz CT molecular complexity index is 1390. The van der Waals surface area contributed by atoms with Gasteiger partial charge in [0.1, 0.15) is 12.7 Å². The zero-order valence-electron chi connectivity index (χ0n) is 18.5. The summed E-state index contributed by atoms with van der Waals surface area (Å²) < 4.78 is 2.84. The number of anilines is 1. The van der Waals surface area contributed by atoms with Gasteiger partial charge in [0.05, 0.1) is 23.3 Å². The molecule has 0 unspecified atom stereocenters. The number of thiazole rings is 1. The van der Waals surface area contributed by atoms with Gasteiger partial charge < -0.3 is 0 Å². The van der Waals surface area contributed by atoms with Crippen molar-refractivity contribution in [2.45, 2.75) is 26.9 Å². The Morgan fingerprint density at radius 3 is 2.48 bits per heavy atom. The van der Waals surface area contributed by atoms with Crippen molar-refractivity contribution in [3.8, 4) is 0 Å². The van der Waals surface area contributed by atoms with Crippen LogP contribution in [0.1, 0.15) is 32.6 Å². The Hall–Kier alpha value is -3.84. The molecule has 2 aromatic heterocycles. The highest BCUT2D eigenvalue weighted by molar-refractivity contribution is 7.22. The van der Waals surface area contributed by atoms with Gasteiger partial charge in [0.2, 0.25) is 0 Å². The molecular formula is C26H23N5OS. The molecule has 0 aliphatic rings. The second-order valence-corrected chi connectivity index (χ2v) is 9.03. The maximum atomic E-state index is 13.7. The van der Waals surface area contributed by atoms with Crippen molar-refractivity contribution in [1.82, 2.24) is 19.7 Å². The Kier molecular flexibility index (Phi) is 5.71. The summed E-state index contributed by atoms with van der Waals surface area (Å²) in [5.74, 6) is -0.0698. The monoisotopic (exact) mass is 453 g/mol. The van der Waals surface area contributed by atoms with Crippen LogP contribution < -0.4 is 4.90 Å². The lowest BCUT2D eigenvalue weighted by atomic mass is 10.1. The minimum absolute atomic E-state index is 0.0698. The summed E-state index contributed by atoms with van der Waals surface area (Å²) in [6.07, 6.45) is 3.19. The zero-order chi connectivity index (χ0) is 22.8. The van der Waals surface area contributed by atoms with Crippen molar-refractivity contribution in [2.24, 2.45) is 0 Å². The first kappa shape index (κ1) is 21.0. The van der Waals surface area contributed by atoms with Gasteiger partial charge in [0, 0.05) is 5.56 Å². The predicted molar refractivity (Wildman–Crippen MR) is 132 cm³/mol. The number of fused-ring (bicyclic) bond motifs is 1. The number of aryl methyl sites for hydroxylation is 2. The van der Waals surface area contributed by atoms with E-state index >= 15 is 0 Å². The van der Waals surface area contributed by atoms with Crippen LogP contribution in [0.4, 0.5) is 5.13 Å². The standard InChI is InChI=1S/C26H23N5OS/c1-18-8-13-23-24(19(18)2)29-26(33-23)31(15-20-6-4-3-5-7-20)25(32)22-11-9-21(10-12-22)14-30-17-27-16-28-30/h3-13,16-17H,14-15H2,1-2H3. The van der Waals surface area contributed by atoms with E-state index in [4.69, 9.17) is 4.98 Å². The normalized spacial score (nSPS) is 11.1. The second kappa shape index (κ2) is 8.96. The van der Waals surface area contributed by atoms with Gasteiger partial charge in [-0.25, -0.2) is 14.6 Å². The Morgan fingerprint density at radius 1 is 0.970 bits per heavy atom. The first-order valence-corrected chi connectivity index (χ1v) is 11.5. The molecule has 2 heterocycles. The van der Waals surface area contributed by atoms with Crippen molar-refractivity contribution in [3.63, 3.8) is 0 Å². The second-order valence-electron chi connectivity index (χ2n) is 8.02. The van der Waals surface area contributed by atoms with Crippen LogP contribution in [0.2, 0.25) is 0 Å². The molecule has 0 aliphatic carbocycles. The molecule has 0 bridgehead atoms. The Labute approximate surface area is 196 Å². The number of rotatable bonds is 6. The number of aromatic nitrogens is 4. The van der Waals surface area contributed by atoms with Gasteiger partial charge in [-0.15, -0.1) is 0 Å². The molecule has 0 spiro atoms. The van der Waals surface area contributed by atoms with E-state index < -0.39 is 0 Å². The van der Waals surface area contributed by atoms with E-state index in [0.29, 0.717) is 23.8 Å². The van der Waals surface area contributed by atoms with Crippen molar-refractivity contribution in [3.05, 3.63) is 107 Å². The summed E-state index contributed by atoms with van der Waals surface area (Å²) in [7, 11) is 0. The topological polar surface area (TPSA) is 63.9 Å². The highest BCUT2D eigenvalue weighted by atomic mass is 32.1. The molecule has 0 saturated heterocycles. The number of nitrogens with zero attached hydrogens (tertiary/aromatic N) is 5. The summed E-state index contributed by atoms with van der Waals surface area (Å²) >= 11 is 1.55. The van der Waals surface area contributed by atoms with Crippen molar-refractivity contribution >= 4 is 32.6 Å². The molecule has 0 saturated carbocycles. The van der Waals surface area contributed by atoms with Gasteiger partial charge in [0.25, 0.3) is 5.91 Å². The van der Waals surface area contributed by atoms with E-state index in [2.05, 4.69) is 36.1 Å². The molecule has 0 radical (unpaired) electrons. The fraction of sp³-hybridized carbons (Fsp3) is 0.154. The zero-order valence-corrected chi connectivity index (χ0v) is 19.3. The van der Waals surface area contributed by atoms with Gasteiger partial charge in [-0.05, 0) is 54.3 Å². The van der Waals surface area contributed by atoms with E-state index in [-0.39, 0.29) is 5.91 Å². The first-order valence-electron chi connectivity index (χ1n) is 10.7. The third-order valence-electron chi connectivity index (χ3n) is 5.75. The average Bonchev–Trinajstić information content (AvgIpc) is 3.51. The molecule has 6 nitrogen and oxygen atoms in total. The molecule has 5 aromatic rings. The van der Waals surface area contributed by atoms with Crippen molar-refractivity contribution < 1.29 is 4.79 Å². The Morgan fingerprint density at radius 2 is 1.76 bits per heavy atom. The van der Waals surface area contributed by atoms with Crippen molar-refractivity contribution in [1.29, 1.82) is 0 Å². The first-order chi connectivity index (χ1) is 16.1. The maximum absolute atomic E-state index is 13.7. The summed E-state index contributed by atoms with van der Waals surface area (Å²) in [6, 6.07) is 21.9. The lowest BCUT2D eigenvalue weighted by Crippen LogP contribution is -2.30. The molecule has 0 aliphatic heterocycles. The molecule has 7 heteroatoms. The number of benzene rings is 3. The van der Waals surface area contributed by atoms with Crippen molar-refractivity contribution in [2.75, 3.05) is 4.90 Å².